The van der Waals surface area contributed by atoms with Gasteiger partial charge in [-0.2, -0.15) is 0 Å². The SMILES string of the molecule is COC1C/C(=C/B2OC(C)(C)C(C)(C)O2)C12CCC2. The van der Waals surface area contributed by atoms with Crippen molar-refractivity contribution in [2.24, 2.45) is 5.41 Å². The molecule has 1 aliphatic heterocycles. The highest BCUT2D eigenvalue weighted by Gasteiger charge is 2.57. The number of hydrogen-bond donors (Lipinski definition) is 0. The highest BCUT2D eigenvalue weighted by atomic mass is 16.7. The summed E-state index contributed by atoms with van der Waals surface area (Å²) in [6.07, 6.45) is 5.30. The Hall–Kier alpha value is -0.315. The zero-order valence-corrected chi connectivity index (χ0v) is 12.8. The molecule has 0 N–H and O–H groups in total. The van der Waals surface area contributed by atoms with Crippen molar-refractivity contribution in [3.8, 4) is 0 Å². The minimum Gasteiger partial charge on any atom is -0.400 e. The van der Waals surface area contributed by atoms with Crippen LogP contribution in [0.5, 0.6) is 0 Å². The summed E-state index contributed by atoms with van der Waals surface area (Å²) in [5.41, 5.74) is 1.32. The fraction of sp³-hybridized carbons (Fsp3) is 0.867. The van der Waals surface area contributed by atoms with Crippen LogP contribution in [-0.4, -0.2) is 31.5 Å². The van der Waals surface area contributed by atoms with Gasteiger partial charge in [0, 0.05) is 12.5 Å². The zero-order valence-electron chi connectivity index (χ0n) is 12.8. The lowest BCUT2D eigenvalue weighted by atomic mass is 9.49. The van der Waals surface area contributed by atoms with E-state index in [0.29, 0.717) is 11.5 Å². The Morgan fingerprint density at radius 2 is 1.74 bits per heavy atom. The molecule has 3 aliphatic rings. The molecule has 1 atom stereocenters. The molecule has 0 aromatic heterocycles. The molecule has 0 aromatic rings. The van der Waals surface area contributed by atoms with Crippen LogP contribution < -0.4 is 0 Å². The molecule has 0 radical (unpaired) electrons. The fourth-order valence-electron chi connectivity index (χ4n) is 3.54. The fourth-order valence-corrected chi connectivity index (χ4v) is 3.54. The zero-order chi connectivity index (χ0) is 13.9. The first-order valence-corrected chi connectivity index (χ1v) is 7.40. The van der Waals surface area contributed by atoms with Gasteiger partial charge < -0.3 is 14.0 Å². The Kier molecular flexibility index (Phi) is 2.94. The Labute approximate surface area is 116 Å². The smallest absolute Gasteiger partial charge is 0.400 e. The predicted octanol–water partition coefficient (Wildman–Crippen LogP) is 3.13. The van der Waals surface area contributed by atoms with E-state index >= 15 is 0 Å². The predicted molar refractivity (Wildman–Crippen MR) is 75.9 cm³/mol. The maximum absolute atomic E-state index is 6.06. The third kappa shape index (κ3) is 1.84. The van der Waals surface area contributed by atoms with Gasteiger partial charge in [-0.3, -0.25) is 0 Å². The third-order valence-electron chi connectivity index (χ3n) is 5.80. The molecule has 1 spiro atoms. The molecule has 2 saturated carbocycles. The quantitative estimate of drug-likeness (QED) is 0.717. The summed E-state index contributed by atoms with van der Waals surface area (Å²) in [7, 11) is 1.63. The van der Waals surface area contributed by atoms with Gasteiger partial charge in [0.05, 0.1) is 17.3 Å². The first-order valence-electron chi connectivity index (χ1n) is 7.40. The minimum atomic E-state index is -0.244. The molecule has 3 fully saturated rings. The lowest BCUT2D eigenvalue weighted by Crippen LogP contribution is -2.53. The molecule has 1 heterocycles. The van der Waals surface area contributed by atoms with Crippen LogP contribution in [0.1, 0.15) is 53.4 Å². The van der Waals surface area contributed by atoms with Crippen molar-refractivity contribution < 1.29 is 14.0 Å². The summed E-state index contributed by atoms with van der Waals surface area (Å²) in [5.74, 6) is 2.21. The summed E-state index contributed by atoms with van der Waals surface area (Å²) in [5, 5.41) is 0. The third-order valence-corrected chi connectivity index (χ3v) is 5.80. The van der Waals surface area contributed by atoms with Gasteiger partial charge in [0.1, 0.15) is 0 Å². The summed E-state index contributed by atoms with van der Waals surface area (Å²) < 4.78 is 17.7. The van der Waals surface area contributed by atoms with Crippen LogP contribution in [0.15, 0.2) is 11.5 Å². The first kappa shape index (κ1) is 13.7. The second-order valence-electron chi connectivity index (χ2n) is 7.25. The first-order chi connectivity index (χ1) is 8.81. The van der Waals surface area contributed by atoms with E-state index in [1.54, 1.807) is 0 Å². The number of hydrogen-bond acceptors (Lipinski definition) is 3. The molecule has 0 amide bonds. The van der Waals surface area contributed by atoms with Gasteiger partial charge in [-0.15, -0.1) is 0 Å². The van der Waals surface area contributed by atoms with E-state index in [1.165, 1.54) is 24.8 Å². The highest BCUT2D eigenvalue weighted by molar-refractivity contribution is 6.51. The summed E-state index contributed by atoms with van der Waals surface area (Å²) in [6, 6.07) is 0. The molecule has 0 aromatic carbocycles. The minimum absolute atomic E-state index is 0.199. The average Bonchev–Trinajstić information content (AvgIpc) is 2.39. The standard InChI is InChI=1S/C15H25BO3/c1-13(2)14(3,4)19-16(18-13)10-11-9-12(17-5)15(11)7-6-8-15/h10,12H,6-9H2,1-5H3/b11-10-. The van der Waals surface area contributed by atoms with Crippen LogP contribution >= 0.6 is 0 Å². The molecule has 0 bridgehead atoms. The summed E-state index contributed by atoms with van der Waals surface area (Å²) in [6.45, 7) is 8.40. The van der Waals surface area contributed by atoms with Crippen LogP contribution in [0.25, 0.3) is 0 Å². The van der Waals surface area contributed by atoms with Crippen LogP contribution in [0.4, 0.5) is 0 Å². The van der Waals surface area contributed by atoms with E-state index in [4.69, 9.17) is 14.0 Å². The van der Waals surface area contributed by atoms with E-state index in [1.807, 2.05) is 7.11 Å². The molecule has 106 valence electrons. The van der Waals surface area contributed by atoms with E-state index in [9.17, 15) is 0 Å². The molecule has 1 unspecified atom stereocenters. The topological polar surface area (TPSA) is 27.7 Å². The van der Waals surface area contributed by atoms with E-state index in [-0.39, 0.29) is 18.3 Å². The van der Waals surface area contributed by atoms with Gasteiger partial charge in [0.15, 0.2) is 0 Å². The van der Waals surface area contributed by atoms with E-state index in [0.717, 1.165) is 6.42 Å². The van der Waals surface area contributed by atoms with Gasteiger partial charge in [-0.1, -0.05) is 18.0 Å². The van der Waals surface area contributed by atoms with Gasteiger partial charge in [0.2, 0.25) is 0 Å². The van der Waals surface area contributed by atoms with Crippen LogP contribution in [-0.2, 0) is 14.0 Å². The van der Waals surface area contributed by atoms with E-state index in [2.05, 4.69) is 33.7 Å². The van der Waals surface area contributed by atoms with Crippen molar-refractivity contribution in [2.45, 2.75) is 70.7 Å². The normalized spacial score (nSPS) is 36.4. The molecule has 19 heavy (non-hydrogen) atoms. The molecule has 4 heteroatoms. The molecule has 3 nitrogen and oxygen atoms in total. The highest BCUT2D eigenvalue weighted by Crippen LogP contribution is 2.60. The van der Waals surface area contributed by atoms with Crippen LogP contribution in [0.3, 0.4) is 0 Å². The second-order valence-corrected chi connectivity index (χ2v) is 7.25. The monoisotopic (exact) mass is 264 g/mol. The Morgan fingerprint density at radius 1 is 1.16 bits per heavy atom. The summed E-state index contributed by atoms with van der Waals surface area (Å²) in [4.78, 5) is 0. The van der Waals surface area contributed by atoms with Crippen molar-refractivity contribution in [1.29, 1.82) is 0 Å². The molecule has 1 saturated heterocycles. The van der Waals surface area contributed by atoms with Crippen molar-refractivity contribution in [2.75, 3.05) is 7.11 Å². The van der Waals surface area contributed by atoms with E-state index < -0.39 is 0 Å². The average molecular weight is 264 g/mol. The lowest BCUT2D eigenvalue weighted by molar-refractivity contribution is -0.0850. The molecule has 2 aliphatic carbocycles. The van der Waals surface area contributed by atoms with Crippen LogP contribution in [0.2, 0.25) is 0 Å². The van der Waals surface area contributed by atoms with Crippen molar-refractivity contribution in [1.82, 2.24) is 0 Å². The molecular formula is C15H25BO3. The second kappa shape index (κ2) is 4.09. The Balaban J connectivity index is 1.75. The number of methoxy groups -OCH3 is 1. The molecular weight excluding hydrogens is 239 g/mol. The van der Waals surface area contributed by atoms with Crippen molar-refractivity contribution in [3.63, 3.8) is 0 Å². The van der Waals surface area contributed by atoms with Gasteiger partial charge >= 0.3 is 7.12 Å². The van der Waals surface area contributed by atoms with Crippen molar-refractivity contribution >= 4 is 7.12 Å². The van der Waals surface area contributed by atoms with Gasteiger partial charge in [-0.25, -0.2) is 0 Å². The largest absolute Gasteiger partial charge is 0.487 e. The van der Waals surface area contributed by atoms with Crippen LogP contribution in [0, 0.1) is 5.41 Å². The van der Waals surface area contributed by atoms with Gasteiger partial charge in [0.25, 0.3) is 0 Å². The van der Waals surface area contributed by atoms with Gasteiger partial charge in [-0.05, 0) is 47.0 Å². The lowest BCUT2D eigenvalue weighted by Gasteiger charge is -2.57. The van der Waals surface area contributed by atoms with Crippen molar-refractivity contribution in [3.05, 3.63) is 11.5 Å². The summed E-state index contributed by atoms with van der Waals surface area (Å²) >= 11 is 0. The molecule has 3 rings (SSSR count). The number of rotatable bonds is 2. The Bertz CT molecular complexity index is 394. The maximum Gasteiger partial charge on any atom is 0.487 e. The Morgan fingerprint density at radius 3 is 2.16 bits per heavy atom. The maximum atomic E-state index is 6.06. The number of ether oxygens (including phenoxy) is 1.